The number of carboxylic acid groups (broad SMARTS) is 1. The first kappa shape index (κ1) is 24.6. The molecule has 1 aliphatic heterocycles. The summed E-state index contributed by atoms with van der Waals surface area (Å²) in [6, 6.07) is 19.6. The number of benzene rings is 3. The summed E-state index contributed by atoms with van der Waals surface area (Å²) in [4.78, 5) is 32.6. The first-order valence-corrected chi connectivity index (χ1v) is 12.6. The number of aromatic amines is 1. The summed E-state index contributed by atoms with van der Waals surface area (Å²) >= 11 is 0. The predicted molar refractivity (Wildman–Crippen MR) is 147 cm³/mol. The van der Waals surface area contributed by atoms with Gasteiger partial charge in [-0.05, 0) is 78.7 Å². The van der Waals surface area contributed by atoms with Crippen molar-refractivity contribution in [3.8, 4) is 11.3 Å². The van der Waals surface area contributed by atoms with E-state index in [9.17, 15) is 14.7 Å². The van der Waals surface area contributed by atoms with Gasteiger partial charge in [0.25, 0.3) is 5.91 Å². The number of rotatable bonds is 6. The number of H-pyrrole nitrogens is 1. The number of nitrogens with one attached hydrogen (secondary N) is 2. The van der Waals surface area contributed by atoms with Crippen molar-refractivity contribution in [1.82, 2.24) is 15.2 Å². The quantitative estimate of drug-likeness (QED) is 0.346. The van der Waals surface area contributed by atoms with Crippen LogP contribution in [-0.2, 0) is 0 Å². The van der Waals surface area contributed by atoms with Gasteiger partial charge in [-0.3, -0.25) is 4.79 Å². The topological polar surface area (TPSA) is 88.7 Å². The van der Waals surface area contributed by atoms with Crippen molar-refractivity contribution < 1.29 is 14.7 Å². The molecule has 0 saturated carbocycles. The molecule has 3 aromatic carbocycles. The van der Waals surface area contributed by atoms with E-state index in [0.29, 0.717) is 5.56 Å². The minimum atomic E-state index is -0.974. The van der Waals surface area contributed by atoms with Gasteiger partial charge >= 0.3 is 5.97 Å². The second kappa shape index (κ2) is 10.1. The molecule has 5 rings (SSSR count). The third-order valence-electron chi connectivity index (χ3n) is 7.28. The van der Waals surface area contributed by atoms with Crippen LogP contribution in [0, 0.1) is 6.92 Å². The second-order valence-corrected chi connectivity index (χ2v) is 9.88. The van der Waals surface area contributed by atoms with Gasteiger partial charge < -0.3 is 25.2 Å². The number of aromatic carboxylic acids is 1. The van der Waals surface area contributed by atoms with E-state index < -0.39 is 5.97 Å². The maximum Gasteiger partial charge on any atom is 0.337 e. The highest BCUT2D eigenvalue weighted by Crippen LogP contribution is 2.31. The number of amides is 1. The molecule has 1 aromatic heterocycles. The lowest BCUT2D eigenvalue weighted by molar-refractivity contribution is 0.0696. The van der Waals surface area contributed by atoms with Gasteiger partial charge in [-0.25, -0.2) is 4.79 Å². The molecule has 2 heterocycles. The smallest absolute Gasteiger partial charge is 0.337 e. The van der Waals surface area contributed by atoms with E-state index in [1.54, 1.807) is 6.07 Å². The molecule has 0 aliphatic carbocycles. The number of aryl methyl sites for hydroxylation is 1. The zero-order valence-electron chi connectivity index (χ0n) is 21.4. The Labute approximate surface area is 216 Å². The SMILES string of the molecule is Cc1ccc(N2CCN(C)CC2)cc1C(=O)NC(C)c1cc(-c2cc(C(=O)O)c[nH]2)cc2ccccc12. The van der Waals surface area contributed by atoms with Crippen LogP contribution in [0.5, 0.6) is 0 Å². The molecular weight excluding hydrogens is 464 g/mol. The van der Waals surface area contributed by atoms with Crippen LogP contribution in [-0.4, -0.2) is 60.1 Å². The molecule has 3 N–H and O–H groups in total. The molecule has 7 nitrogen and oxygen atoms in total. The summed E-state index contributed by atoms with van der Waals surface area (Å²) in [5, 5.41) is 14.6. The van der Waals surface area contributed by atoms with E-state index in [2.05, 4.69) is 33.2 Å². The molecule has 4 aromatic rings. The minimum absolute atomic E-state index is 0.108. The lowest BCUT2D eigenvalue weighted by Crippen LogP contribution is -2.44. The van der Waals surface area contributed by atoms with Crippen LogP contribution in [0.4, 0.5) is 5.69 Å². The lowest BCUT2D eigenvalue weighted by Gasteiger charge is -2.34. The number of carbonyl (C=O) groups excluding carboxylic acids is 1. The molecule has 0 spiro atoms. The Kier molecular flexibility index (Phi) is 6.72. The van der Waals surface area contributed by atoms with E-state index in [-0.39, 0.29) is 17.5 Å². The molecule has 0 radical (unpaired) electrons. The molecule has 1 atom stereocenters. The van der Waals surface area contributed by atoms with E-state index in [1.807, 2.05) is 62.4 Å². The van der Waals surface area contributed by atoms with E-state index >= 15 is 0 Å². The third kappa shape index (κ3) is 5.08. The number of hydrogen-bond donors (Lipinski definition) is 3. The number of hydrogen-bond acceptors (Lipinski definition) is 4. The number of carbonyl (C=O) groups is 2. The van der Waals surface area contributed by atoms with Gasteiger partial charge in [-0.15, -0.1) is 0 Å². The fraction of sp³-hybridized carbons (Fsp3) is 0.267. The number of nitrogens with zero attached hydrogens (tertiary/aromatic N) is 2. The third-order valence-corrected chi connectivity index (χ3v) is 7.28. The maximum atomic E-state index is 13.5. The minimum Gasteiger partial charge on any atom is -0.478 e. The second-order valence-electron chi connectivity index (χ2n) is 9.88. The molecule has 7 heteroatoms. The largest absolute Gasteiger partial charge is 0.478 e. The number of fused-ring (bicyclic) bond motifs is 1. The molecule has 190 valence electrons. The highest BCUT2D eigenvalue weighted by molar-refractivity contribution is 5.98. The van der Waals surface area contributed by atoms with Crippen molar-refractivity contribution in [2.45, 2.75) is 19.9 Å². The van der Waals surface area contributed by atoms with Crippen LogP contribution in [0.25, 0.3) is 22.0 Å². The Morgan fingerprint density at radius 2 is 1.76 bits per heavy atom. The summed E-state index contributed by atoms with van der Waals surface area (Å²) < 4.78 is 0. The standard InChI is InChI=1S/C30H32N4O3/c1-19-8-9-24(34-12-10-33(3)11-13-34)17-26(19)29(35)32-20(2)27-15-22(14-21-6-4-5-7-25(21)27)28-16-23(18-31-28)30(36)37/h4-9,14-18,20,31H,10-13H2,1-3H3,(H,32,35)(H,36,37). The lowest BCUT2D eigenvalue weighted by atomic mass is 9.95. The Hall–Kier alpha value is -4.10. The summed E-state index contributed by atoms with van der Waals surface area (Å²) in [5.41, 5.74) is 5.47. The van der Waals surface area contributed by atoms with Crippen LogP contribution in [0.2, 0.25) is 0 Å². The monoisotopic (exact) mass is 496 g/mol. The molecule has 0 bridgehead atoms. The van der Waals surface area contributed by atoms with Crippen molar-refractivity contribution in [3.05, 3.63) is 89.1 Å². The first-order valence-electron chi connectivity index (χ1n) is 12.6. The van der Waals surface area contributed by atoms with E-state index in [1.165, 1.54) is 6.20 Å². The summed E-state index contributed by atoms with van der Waals surface area (Å²) in [6.45, 7) is 7.85. The molecule has 1 saturated heterocycles. The van der Waals surface area contributed by atoms with Crippen molar-refractivity contribution in [2.24, 2.45) is 0 Å². The van der Waals surface area contributed by atoms with Gasteiger partial charge in [-0.1, -0.05) is 30.3 Å². The fourth-order valence-electron chi connectivity index (χ4n) is 5.01. The summed E-state index contributed by atoms with van der Waals surface area (Å²) in [6.07, 6.45) is 1.49. The fourth-order valence-corrected chi connectivity index (χ4v) is 5.01. The number of likely N-dealkylation sites (N-methyl/N-ethyl adjacent to an activating group) is 1. The van der Waals surface area contributed by atoms with Crippen LogP contribution >= 0.6 is 0 Å². The Morgan fingerprint density at radius 3 is 2.49 bits per heavy atom. The van der Waals surface area contributed by atoms with Crippen molar-refractivity contribution in [2.75, 3.05) is 38.1 Å². The Morgan fingerprint density at radius 1 is 1.00 bits per heavy atom. The summed E-state index contributed by atoms with van der Waals surface area (Å²) in [5.74, 6) is -1.08. The van der Waals surface area contributed by atoms with Gasteiger partial charge in [0.15, 0.2) is 0 Å². The molecule has 1 aliphatic rings. The zero-order chi connectivity index (χ0) is 26.1. The van der Waals surface area contributed by atoms with Gasteiger partial charge in [0.2, 0.25) is 0 Å². The van der Waals surface area contributed by atoms with Crippen molar-refractivity contribution in [1.29, 1.82) is 0 Å². The Bertz CT molecular complexity index is 1470. The average molecular weight is 497 g/mol. The van der Waals surface area contributed by atoms with Gasteiger partial charge in [0, 0.05) is 49.3 Å². The van der Waals surface area contributed by atoms with Gasteiger partial charge in [0.05, 0.1) is 11.6 Å². The molecule has 1 unspecified atom stereocenters. The van der Waals surface area contributed by atoms with Crippen molar-refractivity contribution in [3.63, 3.8) is 0 Å². The number of piperazine rings is 1. The molecule has 1 amide bonds. The Balaban J connectivity index is 1.44. The van der Waals surface area contributed by atoms with Crippen molar-refractivity contribution >= 4 is 28.3 Å². The van der Waals surface area contributed by atoms with Gasteiger partial charge in [-0.2, -0.15) is 0 Å². The van der Waals surface area contributed by atoms with E-state index in [4.69, 9.17) is 0 Å². The van der Waals surface area contributed by atoms with Crippen LogP contribution in [0.15, 0.2) is 66.9 Å². The highest BCUT2D eigenvalue weighted by Gasteiger charge is 2.20. The van der Waals surface area contributed by atoms with Crippen LogP contribution in [0.3, 0.4) is 0 Å². The highest BCUT2D eigenvalue weighted by atomic mass is 16.4. The molecule has 1 fully saturated rings. The molecular formula is C30H32N4O3. The molecule has 37 heavy (non-hydrogen) atoms. The predicted octanol–water partition coefficient (Wildman–Crippen LogP) is 5.08. The van der Waals surface area contributed by atoms with E-state index in [0.717, 1.165) is 65.0 Å². The summed E-state index contributed by atoms with van der Waals surface area (Å²) in [7, 11) is 2.13. The van der Waals surface area contributed by atoms with Crippen LogP contribution < -0.4 is 10.2 Å². The zero-order valence-corrected chi connectivity index (χ0v) is 21.4. The average Bonchev–Trinajstić information content (AvgIpc) is 3.40. The normalized spacial score (nSPS) is 15.1. The maximum absolute atomic E-state index is 13.5. The first-order chi connectivity index (χ1) is 17.8. The number of carboxylic acids is 1. The van der Waals surface area contributed by atoms with Gasteiger partial charge in [0.1, 0.15) is 0 Å². The number of aromatic nitrogens is 1. The van der Waals surface area contributed by atoms with Crippen LogP contribution in [0.1, 0.15) is 44.8 Å². The number of anilines is 1.